The van der Waals surface area contributed by atoms with Gasteiger partial charge in [0.2, 0.25) is 0 Å². The first-order valence-corrected chi connectivity index (χ1v) is 13.4. The molecule has 39 heavy (non-hydrogen) atoms. The van der Waals surface area contributed by atoms with Gasteiger partial charge in [-0.3, -0.25) is 4.90 Å². The second-order valence-electron chi connectivity index (χ2n) is 9.95. The summed E-state index contributed by atoms with van der Waals surface area (Å²) in [6.45, 7) is 2.18. The lowest BCUT2D eigenvalue weighted by atomic mass is 10.0. The number of fused-ring (bicyclic) bond motifs is 3. The Hall–Kier alpha value is -5.02. The van der Waals surface area contributed by atoms with Crippen molar-refractivity contribution >= 4 is 33.2 Å². The third kappa shape index (κ3) is 4.00. The van der Waals surface area contributed by atoms with Crippen LogP contribution < -0.4 is 10.2 Å². The van der Waals surface area contributed by atoms with Crippen molar-refractivity contribution in [3.05, 3.63) is 163 Å². The van der Waals surface area contributed by atoms with E-state index in [1.165, 1.54) is 32.9 Å². The summed E-state index contributed by atoms with van der Waals surface area (Å²) in [6, 6.07) is 45.3. The Labute approximate surface area is 228 Å². The number of para-hydroxylation sites is 4. The zero-order valence-corrected chi connectivity index (χ0v) is 21.8. The van der Waals surface area contributed by atoms with Gasteiger partial charge in [-0.2, -0.15) is 0 Å². The molecule has 3 nitrogen and oxygen atoms in total. The normalized spacial score (nSPS) is 14.8. The summed E-state index contributed by atoms with van der Waals surface area (Å²) in [5, 5.41) is 6.32. The quantitative estimate of drug-likeness (QED) is 0.253. The van der Waals surface area contributed by atoms with Crippen LogP contribution in [0.4, 0.5) is 11.4 Å². The van der Waals surface area contributed by atoms with Crippen molar-refractivity contribution in [3.63, 3.8) is 0 Å². The van der Waals surface area contributed by atoms with E-state index >= 15 is 0 Å². The topological polar surface area (TPSA) is 20.2 Å². The number of hydrogen-bond donors (Lipinski definition) is 1. The maximum Gasteiger partial charge on any atom is 0.111 e. The van der Waals surface area contributed by atoms with E-state index in [1.807, 2.05) is 0 Å². The molecule has 1 aliphatic rings. The van der Waals surface area contributed by atoms with Crippen LogP contribution in [0.5, 0.6) is 0 Å². The van der Waals surface area contributed by atoms with Crippen molar-refractivity contribution in [2.45, 2.75) is 13.0 Å². The van der Waals surface area contributed by atoms with E-state index in [4.69, 9.17) is 0 Å². The number of rotatable bonds is 5. The Kier molecular flexibility index (Phi) is 5.75. The van der Waals surface area contributed by atoms with Crippen LogP contribution in [0.2, 0.25) is 0 Å². The second kappa shape index (κ2) is 9.70. The molecule has 0 aliphatic carbocycles. The minimum absolute atomic E-state index is 0.0805. The first kappa shape index (κ1) is 23.1. The maximum atomic E-state index is 3.84. The SMILES string of the molecule is Cc1ccccc1N(C1=CC=CC(c2ccccc2)N1)c1cccc2c3ccccc3n(-c3ccccc3)c12. The van der Waals surface area contributed by atoms with Gasteiger partial charge in [-0.25, -0.2) is 0 Å². The fraction of sp³-hybridized carbons (Fsp3) is 0.0556. The fourth-order valence-corrected chi connectivity index (χ4v) is 5.74. The van der Waals surface area contributed by atoms with E-state index < -0.39 is 0 Å². The number of benzene rings is 5. The molecule has 0 radical (unpaired) electrons. The van der Waals surface area contributed by atoms with Crippen LogP contribution in [-0.2, 0) is 0 Å². The third-order valence-corrected chi connectivity index (χ3v) is 7.55. The monoisotopic (exact) mass is 503 g/mol. The zero-order chi connectivity index (χ0) is 26.2. The van der Waals surface area contributed by atoms with Gasteiger partial charge in [0.15, 0.2) is 0 Å². The number of anilines is 2. The molecule has 188 valence electrons. The average Bonchev–Trinajstić information content (AvgIpc) is 3.35. The lowest BCUT2D eigenvalue weighted by Crippen LogP contribution is -2.32. The summed E-state index contributed by atoms with van der Waals surface area (Å²) in [5.41, 5.74) is 8.25. The molecule has 1 N–H and O–H groups in total. The van der Waals surface area contributed by atoms with Gasteiger partial charge >= 0.3 is 0 Å². The number of allylic oxidation sites excluding steroid dienone is 2. The van der Waals surface area contributed by atoms with Crippen molar-refractivity contribution < 1.29 is 0 Å². The van der Waals surface area contributed by atoms with Crippen LogP contribution >= 0.6 is 0 Å². The molecule has 5 aromatic carbocycles. The number of aromatic nitrogens is 1. The van der Waals surface area contributed by atoms with Gasteiger partial charge in [-0.1, -0.05) is 109 Å². The second-order valence-corrected chi connectivity index (χ2v) is 9.95. The van der Waals surface area contributed by atoms with Crippen LogP contribution in [0.25, 0.3) is 27.5 Å². The molecule has 1 aliphatic heterocycles. The number of dihydropyridines is 1. The Bertz CT molecular complexity index is 1850. The highest BCUT2D eigenvalue weighted by molar-refractivity contribution is 6.14. The predicted molar refractivity (Wildman–Crippen MR) is 164 cm³/mol. The van der Waals surface area contributed by atoms with Crippen molar-refractivity contribution in [3.8, 4) is 5.69 Å². The van der Waals surface area contributed by atoms with Crippen molar-refractivity contribution in [2.75, 3.05) is 4.90 Å². The molecular weight excluding hydrogens is 474 g/mol. The van der Waals surface area contributed by atoms with E-state index in [0.29, 0.717) is 0 Å². The molecule has 0 amide bonds. The third-order valence-electron chi connectivity index (χ3n) is 7.55. The van der Waals surface area contributed by atoms with Crippen molar-refractivity contribution in [1.82, 2.24) is 9.88 Å². The summed E-state index contributed by atoms with van der Waals surface area (Å²) in [7, 11) is 0. The number of hydrogen-bond acceptors (Lipinski definition) is 2. The zero-order valence-electron chi connectivity index (χ0n) is 21.8. The van der Waals surface area contributed by atoms with E-state index in [0.717, 1.165) is 22.9 Å². The molecule has 7 rings (SSSR count). The first-order valence-electron chi connectivity index (χ1n) is 13.4. The minimum Gasteiger partial charge on any atom is -0.361 e. The summed E-state index contributed by atoms with van der Waals surface area (Å²) >= 11 is 0. The molecule has 3 heteroatoms. The van der Waals surface area contributed by atoms with Crippen LogP contribution in [-0.4, -0.2) is 4.57 Å². The first-order chi connectivity index (χ1) is 19.3. The fourth-order valence-electron chi connectivity index (χ4n) is 5.74. The van der Waals surface area contributed by atoms with Crippen LogP contribution in [0.3, 0.4) is 0 Å². The highest BCUT2D eigenvalue weighted by atomic mass is 15.3. The molecule has 2 heterocycles. The van der Waals surface area contributed by atoms with Crippen molar-refractivity contribution in [1.29, 1.82) is 0 Å². The largest absolute Gasteiger partial charge is 0.361 e. The molecule has 0 fully saturated rings. The van der Waals surface area contributed by atoms with Gasteiger partial charge in [0.1, 0.15) is 5.82 Å². The summed E-state index contributed by atoms with van der Waals surface area (Å²) in [5.74, 6) is 1.04. The Morgan fingerprint density at radius 2 is 1.31 bits per heavy atom. The lowest BCUT2D eigenvalue weighted by molar-refractivity contribution is 0.689. The Morgan fingerprint density at radius 3 is 2.13 bits per heavy atom. The van der Waals surface area contributed by atoms with E-state index in [1.54, 1.807) is 0 Å². The van der Waals surface area contributed by atoms with Gasteiger partial charge in [0.05, 0.1) is 28.5 Å². The summed E-state index contributed by atoms with van der Waals surface area (Å²) < 4.78 is 2.40. The average molecular weight is 504 g/mol. The number of aryl methyl sites for hydroxylation is 1. The standard InChI is InChI=1S/C36H29N3/c1-26-14-8-10-22-32(26)39(35-25-13-21-31(37-35)27-15-4-2-5-16-27)34-24-12-20-30-29-19-9-11-23-33(29)38(36(30)34)28-17-6-3-7-18-28/h2-25,31,37H,1H3. The molecule has 0 spiro atoms. The Morgan fingerprint density at radius 1 is 0.641 bits per heavy atom. The number of nitrogens with one attached hydrogen (secondary N) is 1. The molecular formula is C36H29N3. The van der Waals surface area contributed by atoms with Gasteiger partial charge in [-0.15, -0.1) is 0 Å². The molecule has 1 aromatic heterocycles. The van der Waals surface area contributed by atoms with Crippen LogP contribution in [0, 0.1) is 6.92 Å². The van der Waals surface area contributed by atoms with Gasteiger partial charge in [0, 0.05) is 16.5 Å². The van der Waals surface area contributed by atoms with Crippen LogP contribution in [0.15, 0.2) is 151 Å². The van der Waals surface area contributed by atoms with Gasteiger partial charge < -0.3 is 9.88 Å². The summed E-state index contributed by atoms with van der Waals surface area (Å²) in [6.07, 6.45) is 6.57. The molecule has 0 saturated carbocycles. The van der Waals surface area contributed by atoms with Crippen LogP contribution in [0.1, 0.15) is 17.2 Å². The molecule has 0 saturated heterocycles. The highest BCUT2D eigenvalue weighted by Gasteiger charge is 2.25. The maximum absolute atomic E-state index is 3.84. The lowest BCUT2D eigenvalue weighted by Gasteiger charge is -2.34. The molecule has 0 bridgehead atoms. The minimum atomic E-state index is 0.0805. The summed E-state index contributed by atoms with van der Waals surface area (Å²) in [4.78, 5) is 2.38. The predicted octanol–water partition coefficient (Wildman–Crippen LogP) is 8.97. The highest BCUT2D eigenvalue weighted by Crippen LogP contribution is 2.42. The molecule has 6 aromatic rings. The Balaban J connectivity index is 1.50. The molecule has 1 unspecified atom stereocenters. The van der Waals surface area contributed by atoms with E-state index in [9.17, 15) is 0 Å². The number of nitrogens with zero attached hydrogens (tertiary/aromatic N) is 2. The smallest absolute Gasteiger partial charge is 0.111 e. The van der Waals surface area contributed by atoms with Gasteiger partial charge in [-0.05, 0) is 54.5 Å². The van der Waals surface area contributed by atoms with Gasteiger partial charge in [0.25, 0.3) is 0 Å². The van der Waals surface area contributed by atoms with E-state index in [2.05, 4.69) is 167 Å². The molecule has 1 atom stereocenters. The van der Waals surface area contributed by atoms with Crippen molar-refractivity contribution in [2.24, 2.45) is 0 Å². The van der Waals surface area contributed by atoms with E-state index in [-0.39, 0.29) is 6.04 Å².